The van der Waals surface area contributed by atoms with Gasteiger partial charge in [-0.1, -0.05) is 6.08 Å². The molecule has 0 saturated heterocycles. The van der Waals surface area contributed by atoms with Crippen LogP contribution in [0.2, 0.25) is 0 Å². The number of unbranched alkanes of at least 4 members (excludes halogenated alkanes) is 1. The van der Waals surface area contributed by atoms with Crippen molar-refractivity contribution in [3.05, 3.63) is 12.7 Å². The molecule has 70 valence electrons. The van der Waals surface area contributed by atoms with Gasteiger partial charge in [0.05, 0.1) is 13.0 Å². The van der Waals surface area contributed by atoms with E-state index >= 15 is 0 Å². The third-order valence-corrected chi connectivity index (χ3v) is 1.32. The Balaban J connectivity index is 3.08. The summed E-state index contributed by atoms with van der Waals surface area (Å²) in [5.74, 6) is -0.206. The summed E-state index contributed by atoms with van der Waals surface area (Å²) in [4.78, 5) is 10.8. The van der Waals surface area contributed by atoms with Gasteiger partial charge >= 0.3 is 5.97 Å². The summed E-state index contributed by atoms with van der Waals surface area (Å²) in [7, 11) is 1.66. The molecule has 0 aliphatic rings. The maximum Gasteiger partial charge on any atom is 0.309 e. The molecule has 0 aliphatic heterocycles. The Labute approximate surface area is 73.4 Å². The number of rotatable bonds is 7. The maximum absolute atomic E-state index is 10.8. The first kappa shape index (κ1) is 11.2. The van der Waals surface area contributed by atoms with E-state index in [1.165, 1.54) is 6.08 Å². The molecule has 0 atom stereocenters. The molecule has 0 fully saturated rings. The summed E-state index contributed by atoms with van der Waals surface area (Å²) in [6, 6.07) is 0. The van der Waals surface area contributed by atoms with Crippen LogP contribution < -0.4 is 0 Å². The van der Waals surface area contributed by atoms with Crippen molar-refractivity contribution in [2.24, 2.45) is 0 Å². The molecule has 0 N–H and O–H groups in total. The molecule has 0 bridgehead atoms. The number of hydrogen-bond donors (Lipinski definition) is 0. The highest BCUT2D eigenvalue weighted by atomic mass is 16.5. The van der Waals surface area contributed by atoms with Crippen LogP contribution in [0.5, 0.6) is 0 Å². The molecule has 0 heterocycles. The van der Waals surface area contributed by atoms with Crippen molar-refractivity contribution in [1.82, 2.24) is 0 Å². The molecule has 0 rings (SSSR count). The molecule has 12 heavy (non-hydrogen) atoms. The zero-order chi connectivity index (χ0) is 9.23. The summed E-state index contributed by atoms with van der Waals surface area (Å²) >= 11 is 0. The molecular formula is C9H16O3. The average Bonchev–Trinajstić information content (AvgIpc) is 2.05. The predicted molar refractivity (Wildman–Crippen MR) is 46.9 cm³/mol. The Morgan fingerprint density at radius 1 is 1.42 bits per heavy atom. The fourth-order valence-corrected chi connectivity index (χ4v) is 0.711. The van der Waals surface area contributed by atoms with E-state index in [4.69, 9.17) is 9.47 Å². The van der Waals surface area contributed by atoms with Crippen LogP contribution in [-0.4, -0.2) is 26.3 Å². The Bertz CT molecular complexity index is 132. The monoisotopic (exact) mass is 172 g/mol. The average molecular weight is 172 g/mol. The fraction of sp³-hybridized carbons (Fsp3) is 0.667. The molecule has 0 aliphatic carbocycles. The van der Waals surface area contributed by atoms with Gasteiger partial charge in [0.25, 0.3) is 0 Å². The molecule has 0 unspecified atom stereocenters. The van der Waals surface area contributed by atoms with Gasteiger partial charge in [-0.05, 0) is 12.8 Å². The van der Waals surface area contributed by atoms with E-state index in [1.54, 1.807) is 7.11 Å². The van der Waals surface area contributed by atoms with E-state index in [0.717, 1.165) is 19.4 Å². The first-order valence-corrected chi connectivity index (χ1v) is 4.06. The molecule has 0 amide bonds. The highest BCUT2D eigenvalue weighted by molar-refractivity contribution is 5.70. The van der Waals surface area contributed by atoms with Gasteiger partial charge in [0, 0.05) is 13.7 Å². The van der Waals surface area contributed by atoms with Crippen molar-refractivity contribution < 1.29 is 14.3 Å². The maximum atomic E-state index is 10.8. The zero-order valence-electron chi connectivity index (χ0n) is 7.54. The Hall–Kier alpha value is -0.830. The van der Waals surface area contributed by atoms with Gasteiger partial charge in [0.15, 0.2) is 0 Å². The third kappa shape index (κ3) is 7.28. The van der Waals surface area contributed by atoms with Gasteiger partial charge in [-0.2, -0.15) is 0 Å². The topological polar surface area (TPSA) is 35.5 Å². The Kier molecular flexibility index (Phi) is 7.70. The molecule has 0 saturated carbocycles. The lowest BCUT2D eigenvalue weighted by atomic mass is 10.3. The van der Waals surface area contributed by atoms with Crippen LogP contribution >= 0.6 is 0 Å². The Morgan fingerprint density at radius 3 is 2.67 bits per heavy atom. The van der Waals surface area contributed by atoms with Gasteiger partial charge in [-0.3, -0.25) is 4.79 Å². The molecule has 3 nitrogen and oxygen atoms in total. The van der Waals surface area contributed by atoms with E-state index < -0.39 is 0 Å². The molecule has 3 heteroatoms. The number of hydrogen-bond acceptors (Lipinski definition) is 3. The van der Waals surface area contributed by atoms with Crippen molar-refractivity contribution in [1.29, 1.82) is 0 Å². The second-order valence-corrected chi connectivity index (χ2v) is 2.41. The number of esters is 1. The predicted octanol–water partition coefficient (Wildman–Crippen LogP) is 1.53. The minimum Gasteiger partial charge on any atom is -0.465 e. The lowest BCUT2D eigenvalue weighted by Gasteiger charge is -2.01. The molecular weight excluding hydrogens is 156 g/mol. The first-order valence-electron chi connectivity index (χ1n) is 4.06. The number of ether oxygens (including phenoxy) is 2. The number of methoxy groups -OCH3 is 1. The number of carbonyl (C=O) groups is 1. The van der Waals surface area contributed by atoms with E-state index in [1.807, 2.05) is 0 Å². The van der Waals surface area contributed by atoms with Crippen molar-refractivity contribution in [2.75, 3.05) is 20.3 Å². The Morgan fingerprint density at radius 2 is 2.08 bits per heavy atom. The SMILES string of the molecule is C=CCC(=O)OCCCCOC. The van der Waals surface area contributed by atoms with Crippen LogP contribution in [-0.2, 0) is 14.3 Å². The van der Waals surface area contributed by atoms with Crippen LogP contribution in [0.4, 0.5) is 0 Å². The summed E-state index contributed by atoms with van der Waals surface area (Å²) in [5, 5.41) is 0. The quantitative estimate of drug-likeness (QED) is 0.332. The minimum atomic E-state index is -0.206. The highest BCUT2D eigenvalue weighted by Gasteiger charge is 1.97. The van der Waals surface area contributed by atoms with Gasteiger partial charge in [0.2, 0.25) is 0 Å². The second kappa shape index (κ2) is 8.27. The van der Waals surface area contributed by atoms with Crippen LogP contribution in [0, 0.1) is 0 Å². The standard InChI is InChI=1S/C9H16O3/c1-3-6-9(10)12-8-5-4-7-11-2/h3H,1,4-8H2,2H3. The zero-order valence-corrected chi connectivity index (χ0v) is 7.54. The molecule has 0 aromatic heterocycles. The van der Waals surface area contributed by atoms with Crippen LogP contribution in [0.3, 0.4) is 0 Å². The van der Waals surface area contributed by atoms with E-state index in [0.29, 0.717) is 13.0 Å². The van der Waals surface area contributed by atoms with Gasteiger partial charge in [0.1, 0.15) is 0 Å². The van der Waals surface area contributed by atoms with Gasteiger partial charge in [-0.25, -0.2) is 0 Å². The van der Waals surface area contributed by atoms with Crippen molar-refractivity contribution in [2.45, 2.75) is 19.3 Å². The molecule has 0 aromatic rings. The van der Waals surface area contributed by atoms with Crippen LogP contribution in [0.25, 0.3) is 0 Å². The highest BCUT2D eigenvalue weighted by Crippen LogP contribution is 1.93. The van der Waals surface area contributed by atoms with E-state index in [2.05, 4.69) is 6.58 Å². The summed E-state index contributed by atoms with van der Waals surface area (Å²) in [6.45, 7) is 4.64. The first-order chi connectivity index (χ1) is 5.81. The summed E-state index contributed by atoms with van der Waals surface area (Å²) < 4.78 is 9.70. The molecule has 0 aromatic carbocycles. The summed E-state index contributed by atoms with van der Waals surface area (Å²) in [6.07, 6.45) is 3.62. The lowest BCUT2D eigenvalue weighted by molar-refractivity contribution is -0.142. The smallest absolute Gasteiger partial charge is 0.309 e. The van der Waals surface area contributed by atoms with Crippen molar-refractivity contribution in [3.8, 4) is 0 Å². The fourth-order valence-electron chi connectivity index (χ4n) is 0.711. The van der Waals surface area contributed by atoms with Gasteiger partial charge in [-0.15, -0.1) is 6.58 Å². The van der Waals surface area contributed by atoms with Gasteiger partial charge < -0.3 is 9.47 Å². The largest absolute Gasteiger partial charge is 0.465 e. The van der Waals surface area contributed by atoms with Crippen molar-refractivity contribution >= 4 is 5.97 Å². The van der Waals surface area contributed by atoms with E-state index in [9.17, 15) is 4.79 Å². The second-order valence-electron chi connectivity index (χ2n) is 2.41. The molecule has 0 radical (unpaired) electrons. The van der Waals surface area contributed by atoms with Crippen molar-refractivity contribution in [3.63, 3.8) is 0 Å². The minimum absolute atomic E-state index is 0.206. The normalized spacial score (nSPS) is 9.42. The van der Waals surface area contributed by atoms with E-state index in [-0.39, 0.29) is 5.97 Å². The number of carbonyl (C=O) groups excluding carboxylic acids is 1. The molecule has 0 spiro atoms. The summed E-state index contributed by atoms with van der Waals surface area (Å²) in [5.41, 5.74) is 0. The van der Waals surface area contributed by atoms with Crippen LogP contribution in [0.1, 0.15) is 19.3 Å². The van der Waals surface area contributed by atoms with Crippen LogP contribution in [0.15, 0.2) is 12.7 Å². The lowest BCUT2D eigenvalue weighted by Crippen LogP contribution is -2.04. The third-order valence-electron chi connectivity index (χ3n) is 1.32.